The van der Waals surface area contributed by atoms with E-state index in [-0.39, 0.29) is 11.6 Å². The van der Waals surface area contributed by atoms with Crippen molar-refractivity contribution in [1.29, 1.82) is 0 Å². The van der Waals surface area contributed by atoms with Gasteiger partial charge in [-0.1, -0.05) is 42.8 Å². The smallest absolute Gasteiger partial charge is 0.231 e. The molecule has 2 aromatic carbocycles. The molecule has 7 heteroatoms. The second-order valence-electron chi connectivity index (χ2n) is 7.36. The van der Waals surface area contributed by atoms with E-state index in [0.29, 0.717) is 6.79 Å². The van der Waals surface area contributed by atoms with Gasteiger partial charge in [0.25, 0.3) is 0 Å². The monoisotopic (exact) mass is 427 g/mol. The van der Waals surface area contributed by atoms with Crippen LogP contribution in [0.2, 0.25) is 5.02 Å². The molecule has 1 aliphatic carbocycles. The molecule has 5 rings (SSSR count). The average molecular weight is 428 g/mol. The van der Waals surface area contributed by atoms with Crippen LogP contribution in [0.1, 0.15) is 41.8 Å². The Bertz CT molecular complexity index is 1030. The van der Waals surface area contributed by atoms with E-state index < -0.39 is 0 Å². The molecule has 1 aromatic heterocycles. The molecular weight excluding hydrogens is 406 g/mol. The van der Waals surface area contributed by atoms with E-state index in [1.807, 2.05) is 30.5 Å². The Kier molecular flexibility index (Phi) is 4.86. The number of fused-ring (bicyclic) bond motifs is 1. The zero-order chi connectivity index (χ0) is 19.8. The molecule has 2 heterocycles. The summed E-state index contributed by atoms with van der Waals surface area (Å²) in [5.41, 5.74) is 2.21. The Hall–Kier alpha value is -2.28. The maximum Gasteiger partial charge on any atom is 0.231 e. The molecule has 1 aliphatic heterocycles. The minimum atomic E-state index is -0.0752. The number of hydrogen-bond acceptors (Lipinski definition) is 6. The van der Waals surface area contributed by atoms with Crippen LogP contribution in [0.4, 0.5) is 5.13 Å². The summed E-state index contributed by atoms with van der Waals surface area (Å²) >= 11 is 8.13. The zero-order valence-corrected chi connectivity index (χ0v) is 17.6. The minimum Gasteiger partial charge on any atom is -0.454 e. The van der Waals surface area contributed by atoms with Gasteiger partial charge in [-0.15, -0.1) is 11.3 Å². The summed E-state index contributed by atoms with van der Waals surface area (Å²) in [7, 11) is 0. The van der Waals surface area contributed by atoms with Crippen molar-refractivity contribution in [3.05, 3.63) is 69.7 Å². The molecule has 1 saturated carbocycles. The number of halogens is 1. The molecular formula is C22H22ClN3O2S. The highest BCUT2D eigenvalue weighted by Crippen LogP contribution is 2.51. The summed E-state index contributed by atoms with van der Waals surface area (Å²) in [6, 6.07) is 14.2. The number of hydrogen-bond donors (Lipinski definition) is 2. The lowest BCUT2D eigenvalue weighted by atomic mass is 10.0. The number of rotatable bonds is 7. The zero-order valence-electron chi connectivity index (χ0n) is 16.1. The Morgan fingerprint density at radius 1 is 1.17 bits per heavy atom. The predicted molar refractivity (Wildman–Crippen MR) is 116 cm³/mol. The van der Waals surface area contributed by atoms with Crippen LogP contribution in [0, 0.1) is 0 Å². The van der Waals surface area contributed by atoms with Crippen molar-refractivity contribution in [3.8, 4) is 11.5 Å². The second-order valence-corrected chi connectivity index (χ2v) is 8.82. The number of benzene rings is 2. The van der Waals surface area contributed by atoms with Gasteiger partial charge in [-0.3, -0.25) is 0 Å². The third kappa shape index (κ3) is 3.56. The molecule has 1 fully saturated rings. The Morgan fingerprint density at radius 2 is 2.00 bits per heavy atom. The minimum absolute atomic E-state index is 0.0300. The molecule has 150 valence electrons. The molecule has 0 radical (unpaired) electrons. The van der Waals surface area contributed by atoms with Crippen molar-refractivity contribution < 1.29 is 9.47 Å². The SMILES string of the molecule is CCNC(c1cnc(NC2(c3ccc4c(c3)OCO4)CC2)s1)c1ccccc1Cl. The Labute approximate surface area is 179 Å². The van der Waals surface area contributed by atoms with Crippen LogP contribution in [0.15, 0.2) is 48.7 Å². The molecule has 0 spiro atoms. The lowest BCUT2D eigenvalue weighted by Crippen LogP contribution is -2.21. The van der Waals surface area contributed by atoms with Gasteiger partial charge in [0, 0.05) is 16.1 Å². The summed E-state index contributed by atoms with van der Waals surface area (Å²) in [5.74, 6) is 1.63. The van der Waals surface area contributed by atoms with Gasteiger partial charge in [-0.2, -0.15) is 0 Å². The Morgan fingerprint density at radius 3 is 2.79 bits per heavy atom. The molecule has 0 amide bonds. The van der Waals surface area contributed by atoms with Gasteiger partial charge in [0.2, 0.25) is 6.79 Å². The quantitative estimate of drug-likeness (QED) is 0.534. The van der Waals surface area contributed by atoms with Gasteiger partial charge >= 0.3 is 0 Å². The molecule has 0 bridgehead atoms. The highest BCUT2D eigenvalue weighted by molar-refractivity contribution is 7.15. The number of aromatic nitrogens is 1. The Balaban J connectivity index is 1.39. The number of anilines is 1. The molecule has 1 atom stereocenters. The van der Waals surface area contributed by atoms with Crippen molar-refractivity contribution in [2.24, 2.45) is 0 Å². The first-order valence-corrected chi connectivity index (χ1v) is 11.0. The standard InChI is InChI=1S/C22H22ClN3O2S/c1-2-24-20(15-5-3-4-6-16(15)23)19-12-25-21(29-19)26-22(9-10-22)14-7-8-17-18(11-14)28-13-27-17/h3-8,11-12,20,24H,2,9-10,13H2,1H3,(H,25,26). The third-order valence-electron chi connectivity index (χ3n) is 5.45. The lowest BCUT2D eigenvalue weighted by molar-refractivity contribution is 0.174. The fraction of sp³-hybridized carbons (Fsp3) is 0.318. The van der Waals surface area contributed by atoms with Gasteiger partial charge in [0.15, 0.2) is 16.6 Å². The fourth-order valence-electron chi connectivity index (χ4n) is 3.76. The first kappa shape index (κ1) is 18.7. The summed E-state index contributed by atoms with van der Waals surface area (Å²) < 4.78 is 11.0. The van der Waals surface area contributed by atoms with Crippen LogP contribution in [-0.2, 0) is 5.54 Å². The van der Waals surface area contributed by atoms with Gasteiger partial charge in [0.1, 0.15) is 0 Å². The summed E-state index contributed by atoms with van der Waals surface area (Å²) in [6.07, 6.45) is 4.09. The summed E-state index contributed by atoms with van der Waals surface area (Å²) in [4.78, 5) is 5.81. The van der Waals surface area contributed by atoms with Gasteiger partial charge in [-0.25, -0.2) is 4.98 Å². The number of ether oxygens (including phenoxy) is 2. The van der Waals surface area contributed by atoms with Crippen molar-refractivity contribution in [2.75, 3.05) is 18.7 Å². The van der Waals surface area contributed by atoms with E-state index in [1.54, 1.807) is 11.3 Å². The summed E-state index contributed by atoms with van der Waals surface area (Å²) in [5, 5.41) is 8.89. The maximum absolute atomic E-state index is 6.46. The normalized spacial score (nSPS) is 17.2. The van der Waals surface area contributed by atoms with Crippen molar-refractivity contribution in [2.45, 2.75) is 31.3 Å². The lowest BCUT2D eigenvalue weighted by Gasteiger charge is -2.19. The third-order valence-corrected chi connectivity index (χ3v) is 6.78. The summed E-state index contributed by atoms with van der Waals surface area (Å²) in [6.45, 7) is 3.24. The van der Waals surface area contributed by atoms with Crippen LogP contribution in [0.25, 0.3) is 0 Å². The number of thiazole rings is 1. The van der Waals surface area contributed by atoms with Crippen molar-refractivity contribution in [3.63, 3.8) is 0 Å². The molecule has 2 N–H and O–H groups in total. The maximum atomic E-state index is 6.46. The van der Waals surface area contributed by atoms with E-state index in [4.69, 9.17) is 21.1 Å². The molecule has 0 saturated heterocycles. The molecule has 29 heavy (non-hydrogen) atoms. The van der Waals surface area contributed by atoms with Crippen LogP contribution < -0.4 is 20.1 Å². The fourth-order valence-corrected chi connectivity index (χ4v) is 5.02. The largest absolute Gasteiger partial charge is 0.454 e. The average Bonchev–Trinajstić information content (AvgIpc) is 3.13. The number of nitrogens with one attached hydrogen (secondary N) is 2. The van der Waals surface area contributed by atoms with Gasteiger partial charge in [0.05, 0.1) is 11.6 Å². The molecule has 3 aromatic rings. The van der Waals surface area contributed by atoms with Gasteiger partial charge in [-0.05, 0) is 48.7 Å². The molecule has 1 unspecified atom stereocenters. The van der Waals surface area contributed by atoms with Crippen LogP contribution >= 0.6 is 22.9 Å². The second kappa shape index (κ2) is 7.52. The highest BCUT2D eigenvalue weighted by atomic mass is 35.5. The highest BCUT2D eigenvalue weighted by Gasteiger charge is 2.45. The first-order valence-electron chi connectivity index (χ1n) is 9.80. The topological polar surface area (TPSA) is 55.4 Å². The molecule has 2 aliphatic rings. The number of nitrogens with zero attached hydrogens (tertiary/aromatic N) is 1. The first-order chi connectivity index (χ1) is 14.2. The van der Waals surface area contributed by atoms with E-state index in [9.17, 15) is 0 Å². The van der Waals surface area contributed by atoms with Gasteiger partial charge < -0.3 is 20.1 Å². The van der Waals surface area contributed by atoms with Crippen LogP contribution in [-0.4, -0.2) is 18.3 Å². The van der Waals surface area contributed by atoms with Crippen LogP contribution in [0.5, 0.6) is 11.5 Å². The predicted octanol–water partition coefficient (Wildman–Crippen LogP) is 5.33. The molecule has 5 nitrogen and oxygen atoms in total. The van der Waals surface area contributed by atoms with E-state index >= 15 is 0 Å². The van der Waals surface area contributed by atoms with Crippen molar-refractivity contribution in [1.82, 2.24) is 10.3 Å². The van der Waals surface area contributed by atoms with E-state index in [1.165, 1.54) is 5.56 Å². The van der Waals surface area contributed by atoms with E-state index in [2.05, 4.69) is 40.7 Å². The van der Waals surface area contributed by atoms with E-state index in [0.717, 1.165) is 51.5 Å². The van der Waals surface area contributed by atoms with Crippen LogP contribution in [0.3, 0.4) is 0 Å². The van der Waals surface area contributed by atoms with Crippen molar-refractivity contribution >= 4 is 28.1 Å².